The fourth-order valence-corrected chi connectivity index (χ4v) is 0.424. The third-order valence-electron chi connectivity index (χ3n) is 1.31. The van der Waals surface area contributed by atoms with Crippen LogP contribution in [0, 0.1) is 5.92 Å². The third-order valence-corrected chi connectivity index (χ3v) is 1.31. The van der Waals surface area contributed by atoms with Crippen molar-refractivity contribution in [1.82, 2.24) is 0 Å². The van der Waals surface area contributed by atoms with Gasteiger partial charge in [0.25, 0.3) is 0 Å². The molecule has 0 fully saturated rings. The summed E-state index contributed by atoms with van der Waals surface area (Å²) < 4.78 is 4.47. The van der Waals surface area contributed by atoms with E-state index < -0.39 is 0 Å². The number of rotatable bonds is 2. The summed E-state index contributed by atoms with van der Waals surface area (Å²) in [6.45, 7) is 3.88. The zero-order chi connectivity index (χ0) is 7.44. The van der Waals surface area contributed by atoms with Crippen molar-refractivity contribution in [3.05, 3.63) is 0 Å². The molecule has 3 N–H and O–H groups in total. The molecule has 0 aliphatic rings. The molecule has 10 heavy (non-hydrogen) atoms. The molecule has 0 bridgehead atoms. The fourth-order valence-electron chi connectivity index (χ4n) is 0.424. The molecule has 0 aliphatic heterocycles. The SMILES string of the molecule is COC(=O)[C@@H]([NH3+])C(C)C.[Cl-]. The highest BCUT2D eigenvalue weighted by molar-refractivity contribution is 5.73. The largest absolute Gasteiger partial charge is 1.00 e. The van der Waals surface area contributed by atoms with Crippen LogP contribution in [-0.2, 0) is 9.53 Å². The van der Waals surface area contributed by atoms with Crippen molar-refractivity contribution >= 4 is 5.97 Å². The first-order valence-corrected chi connectivity index (χ1v) is 3.00. The van der Waals surface area contributed by atoms with Crippen molar-refractivity contribution in [1.29, 1.82) is 0 Å². The van der Waals surface area contributed by atoms with Crippen LogP contribution in [0.5, 0.6) is 0 Å². The van der Waals surface area contributed by atoms with E-state index >= 15 is 0 Å². The number of quaternary nitrogens is 1. The number of ether oxygens (including phenoxy) is 1. The van der Waals surface area contributed by atoms with Gasteiger partial charge in [-0.3, -0.25) is 0 Å². The summed E-state index contributed by atoms with van der Waals surface area (Å²) in [5.74, 6) is 0.0300. The Morgan fingerprint density at radius 3 is 2.00 bits per heavy atom. The molecule has 1 atom stereocenters. The van der Waals surface area contributed by atoms with Gasteiger partial charge in [-0.25, -0.2) is 4.79 Å². The maximum Gasteiger partial charge on any atom is 0.364 e. The molecule has 0 aromatic carbocycles. The van der Waals surface area contributed by atoms with Gasteiger partial charge in [-0.05, 0) is 0 Å². The lowest BCUT2D eigenvalue weighted by Gasteiger charge is -2.07. The molecule has 4 heteroatoms. The van der Waals surface area contributed by atoms with Crippen molar-refractivity contribution in [3.8, 4) is 0 Å². The summed E-state index contributed by atoms with van der Waals surface area (Å²) in [5, 5.41) is 0. The number of hydrogen-bond donors (Lipinski definition) is 1. The number of methoxy groups -OCH3 is 1. The van der Waals surface area contributed by atoms with Crippen molar-refractivity contribution in [2.24, 2.45) is 5.92 Å². The van der Waals surface area contributed by atoms with Crippen molar-refractivity contribution in [2.45, 2.75) is 19.9 Å². The first-order chi connectivity index (χ1) is 4.09. The van der Waals surface area contributed by atoms with Gasteiger partial charge in [0.15, 0.2) is 6.04 Å². The summed E-state index contributed by atoms with van der Waals surface area (Å²) in [4.78, 5) is 10.7. The van der Waals surface area contributed by atoms with Gasteiger partial charge >= 0.3 is 5.97 Å². The third kappa shape index (κ3) is 3.69. The van der Waals surface area contributed by atoms with Crippen LogP contribution in [0.1, 0.15) is 13.8 Å². The second-order valence-electron chi connectivity index (χ2n) is 2.37. The smallest absolute Gasteiger partial charge is 0.364 e. The minimum atomic E-state index is -0.231. The standard InChI is InChI=1S/C6H13NO2.ClH/c1-4(2)5(7)6(8)9-3;/h4-5H,7H2,1-3H3;1H/t5-;/m0./s1. The lowest BCUT2D eigenvalue weighted by Crippen LogP contribution is -3.00. The van der Waals surface area contributed by atoms with Crippen molar-refractivity contribution in [2.75, 3.05) is 7.11 Å². The Balaban J connectivity index is 0. The Bertz CT molecular complexity index is 106. The molecule has 0 aromatic heterocycles. The second-order valence-corrected chi connectivity index (χ2v) is 2.37. The maximum absolute atomic E-state index is 10.7. The van der Waals surface area contributed by atoms with E-state index in [-0.39, 0.29) is 30.3 Å². The molecule has 3 nitrogen and oxygen atoms in total. The highest BCUT2D eigenvalue weighted by Gasteiger charge is 2.20. The highest BCUT2D eigenvalue weighted by Crippen LogP contribution is 1.96. The van der Waals surface area contributed by atoms with E-state index in [4.69, 9.17) is 0 Å². The average Bonchev–Trinajstić information content (AvgIpc) is 1.84. The quantitative estimate of drug-likeness (QED) is 0.433. The first-order valence-electron chi connectivity index (χ1n) is 3.00. The van der Waals surface area contributed by atoms with Crippen molar-refractivity contribution < 1.29 is 27.7 Å². The molecule has 62 valence electrons. The molecule has 0 spiro atoms. The minimum absolute atomic E-state index is 0. The van der Waals surface area contributed by atoms with E-state index in [0.29, 0.717) is 0 Å². The van der Waals surface area contributed by atoms with Gasteiger partial charge < -0.3 is 22.9 Å². The molecule has 0 unspecified atom stereocenters. The highest BCUT2D eigenvalue weighted by atomic mass is 35.5. The number of carbonyl (C=O) groups is 1. The summed E-state index contributed by atoms with van der Waals surface area (Å²) in [5.41, 5.74) is 3.63. The molecular weight excluding hydrogens is 154 g/mol. The van der Waals surface area contributed by atoms with Gasteiger partial charge in [0.2, 0.25) is 0 Å². The molecule has 0 aromatic rings. The van der Waals surface area contributed by atoms with Gasteiger partial charge in [-0.15, -0.1) is 0 Å². The molecule has 0 saturated carbocycles. The molecule has 0 radical (unpaired) electrons. The van der Waals surface area contributed by atoms with Crippen LogP contribution in [-0.4, -0.2) is 19.1 Å². The van der Waals surface area contributed by atoms with Crippen LogP contribution in [0.3, 0.4) is 0 Å². The molecule has 0 rings (SSSR count). The summed E-state index contributed by atoms with van der Waals surface area (Å²) >= 11 is 0. The number of halogens is 1. The first kappa shape index (κ1) is 12.4. The van der Waals surface area contributed by atoms with Crippen LogP contribution in [0.15, 0.2) is 0 Å². The molecule has 0 saturated heterocycles. The van der Waals surface area contributed by atoms with Gasteiger partial charge in [-0.2, -0.15) is 0 Å². The van der Waals surface area contributed by atoms with Crippen LogP contribution < -0.4 is 18.1 Å². The summed E-state index contributed by atoms with van der Waals surface area (Å²) in [7, 11) is 1.38. The van der Waals surface area contributed by atoms with E-state index in [2.05, 4.69) is 10.5 Å². The fraction of sp³-hybridized carbons (Fsp3) is 0.833. The minimum Gasteiger partial charge on any atom is -1.00 e. The van der Waals surface area contributed by atoms with E-state index in [1.54, 1.807) is 0 Å². The number of carbonyl (C=O) groups excluding carboxylic acids is 1. The zero-order valence-electron chi connectivity index (χ0n) is 6.56. The second kappa shape index (κ2) is 5.50. The van der Waals surface area contributed by atoms with Gasteiger partial charge in [0, 0.05) is 5.92 Å². The molecule has 0 heterocycles. The van der Waals surface area contributed by atoms with Gasteiger partial charge in [-0.1, -0.05) is 13.8 Å². The zero-order valence-corrected chi connectivity index (χ0v) is 7.31. The predicted octanol–water partition coefficient (Wildman–Crippen LogP) is -3.57. The monoisotopic (exact) mass is 167 g/mol. The Hall–Kier alpha value is -0.280. The Labute approximate surface area is 67.3 Å². The molecular formula is C6H14ClNO2. The van der Waals surface area contributed by atoms with Crippen LogP contribution in [0.2, 0.25) is 0 Å². The normalized spacial score (nSPS) is 12.1. The molecule has 0 amide bonds. The summed E-state index contributed by atoms with van der Waals surface area (Å²) in [6.07, 6.45) is 0. The van der Waals surface area contributed by atoms with E-state index in [0.717, 1.165) is 0 Å². The predicted molar refractivity (Wildman–Crippen MR) is 33.5 cm³/mol. The van der Waals surface area contributed by atoms with Crippen LogP contribution in [0.25, 0.3) is 0 Å². The van der Waals surface area contributed by atoms with E-state index in [1.165, 1.54) is 7.11 Å². The maximum atomic E-state index is 10.7. The topological polar surface area (TPSA) is 53.9 Å². The Kier molecular flexibility index (Phi) is 6.82. The lowest BCUT2D eigenvalue weighted by molar-refractivity contribution is -0.418. The van der Waals surface area contributed by atoms with Gasteiger partial charge in [0.05, 0.1) is 7.11 Å². The van der Waals surface area contributed by atoms with Crippen LogP contribution in [0.4, 0.5) is 0 Å². The lowest BCUT2D eigenvalue weighted by atomic mass is 10.1. The number of hydrogen-bond acceptors (Lipinski definition) is 2. The summed E-state index contributed by atoms with van der Waals surface area (Å²) in [6, 6.07) is -0.227. The van der Waals surface area contributed by atoms with E-state index in [1.807, 2.05) is 13.8 Å². The average molecular weight is 168 g/mol. The Morgan fingerprint density at radius 2 is 1.90 bits per heavy atom. The number of esters is 1. The Morgan fingerprint density at radius 1 is 1.50 bits per heavy atom. The van der Waals surface area contributed by atoms with Crippen LogP contribution >= 0.6 is 0 Å². The van der Waals surface area contributed by atoms with Crippen molar-refractivity contribution in [3.63, 3.8) is 0 Å². The van der Waals surface area contributed by atoms with Gasteiger partial charge in [0.1, 0.15) is 0 Å². The molecule has 0 aliphatic carbocycles. The van der Waals surface area contributed by atoms with E-state index in [9.17, 15) is 4.79 Å².